The monoisotopic (exact) mass is 460 g/mol. The lowest BCUT2D eigenvalue weighted by Crippen LogP contribution is -2.51. The normalized spacial score (nSPS) is 13.2. The Morgan fingerprint density at radius 3 is 2.53 bits per heavy atom. The Labute approximate surface area is 187 Å². The summed E-state index contributed by atoms with van der Waals surface area (Å²) in [5.74, 6) is 0.0332. The number of amides is 1. The van der Waals surface area contributed by atoms with Gasteiger partial charge in [-0.15, -0.1) is 10.2 Å². The Balaban J connectivity index is 1.91. The zero-order chi connectivity index (χ0) is 23.4. The summed E-state index contributed by atoms with van der Waals surface area (Å²) in [5.41, 5.74) is 6.97. The molecule has 172 valence electrons. The summed E-state index contributed by atoms with van der Waals surface area (Å²) >= 11 is 0. The third-order valence-electron chi connectivity index (χ3n) is 4.65. The first-order chi connectivity index (χ1) is 15.0. The van der Waals surface area contributed by atoms with Gasteiger partial charge < -0.3 is 15.8 Å². The van der Waals surface area contributed by atoms with E-state index in [4.69, 9.17) is 10.5 Å². The standard InChI is InChI=1S/C21H28N6O4S/c1-21(2,22)20(28)24-17(14-31-13-15-8-5-4-6-9-15)19-26-25-18-11-7-10-16(27(18)19)12-23-32(3,29)30/h4-11,17,23H,12-14,22H2,1-3H3,(H,24,28)/t17-/m1/s1. The van der Waals surface area contributed by atoms with Crippen LogP contribution in [0.25, 0.3) is 5.65 Å². The van der Waals surface area contributed by atoms with E-state index in [-0.39, 0.29) is 19.1 Å². The molecule has 1 aromatic carbocycles. The Bertz CT molecular complexity index is 1170. The van der Waals surface area contributed by atoms with Crippen molar-refractivity contribution in [2.45, 2.75) is 38.6 Å². The molecule has 11 heteroatoms. The molecule has 10 nitrogen and oxygen atoms in total. The van der Waals surface area contributed by atoms with Crippen LogP contribution in [-0.2, 0) is 32.7 Å². The number of carbonyl (C=O) groups is 1. The van der Waals surface area contributed by atoms with E-state index < -0.39 is 21.6 Å². The van der Waals surface area contributed by atoms with Crippen LogP contribution in [0.1, 0.15) is 37.0 Å². The molecule has 4 N–H and O–H groups in total. The van der Waals surface area contributed by atoms with E-state index in [1.807, 2.05) is 30.3 Å². The van der Waals surface area contributed by atoms with Crippen molar-refractivity contribution in [3.05, 3.63) is 65.6 Å². The number of nitrogens with two attached hydrogens (primary N) is 1. The van der Waals surface area contributed by atoms with Gasteiger partial charge in [-0.05, 0) is 31.5 Å². The highest BCUT2D eigenvalue weighted by Gasteiger charge is 2.28. The predicted molar refractivity (Wildman–Crippen MR) is 120 cm³/mol. The summed E-state index contributed by atoms with van der Waals surface area (Å²) < 4.78 is 33.2. The Morgan fingerprint density at radius 1 is 1.16 bits per heavy atom. The van der Waals surface area contributed by atoms with E-state index in [0.717, 1.165) is 11.8 Å². The summed E-state index contributed by atoms with van der Waals surface area (Å²) in [6.07, 6.45) is 1.09. The maximum absolute atomic E-state index is 12.6. The van der Waals surface area contributed by atoms with Gasteiger partial charge in [0.05, 0.1) is 31.6 Å². The third-order valence-corrected chi connectivity index (χ3v) is 5.32. The summed E-state index contributed by atoms with van der Waals surface area (Å²) in [6.45, 7) is 3.71. The van der Waals surface area contributed by atoms with Crippen LogP contribution in [0.3, 0.4) is 0 Å². The number of nitrogens with zero attached hydrogens (tertiary/aromatic N) is 3. The molecule has 0 aliphatic carbocycles. The van der Waals surface area contributed by atoms with Gasteiger partial charge in [-0.1, -0.05) is 36.4 Å². The number of nitrogens with one attached hydrogen (secondary N) is 2. The quantitative estimate of drug-likeness (QED) is 0.408. The molecule has 2 heterocycles. The van der Waals surface area contributed by atoms with E-state index in [1.165, 1.54) is 0 Å². The van der Waals surface area contributed by atoms with Gasteiger partial charge in [0.1, 0.15) is 6.04 Å². The van der Waals surface area contributed by atoms with Crippen LogP contribution >= 0.6 is 0 Å². The summed E-state index contributed by atoms with van der Waals surface area (Å²) in [7, 11) is -3.41. The first-order valence-corrected chi connectivity index (χ1v) is 11.9. The third kappa shape index (κ3) is 6.33. The van der Waals surface area contributed by atoms with Crippen LogP contribution < -0.4 is 15.8 Å². The summed E-state index contributed by atoms with van der Waals surface area (Å²) in [4.78, 5) is 12.6. The second-order valence-electron chi connectivity index (χ2n) is 8.11. The molecule has 0 bridgehead atoms. The van der Waals surface area contributed by atoms with E-state index in [1.54, 1.807) is 36.4 Å². The van der Waals surface area contributed by atoms with Gasteiger partial charge >= 0.3 is 0 Å². The summed E-state index contributed by atoms with van der Waals surface area (Å²) in [6, 6.07) is 14.2. The molecule has 0 aliphatic heterocycles. The zero-order valence-electron chi connectivity index (χ0n) is 18.3. The molecular weight excluding hydrogens is 432 g/mol. The average molecular weight is 461 g/mol. The van der Waals surface area contributed by atoms with Gasteiger partial charge in [0.15, 0.2) is 11.5 Å². The van der Waals surface area contributed by atoms with Crippen molar-refractivity contribution in [1.82, 2.24) is 24.6 Å². The van der Waals surface area contributed by atoms with Crippen molar-refractivity contribution >= 4 is 21.6 Å². The molecule has 32 heavy (non-hydrogen) atoms. The van der Waals surface area contributed by atoms with Gasteiger partial charge in [0.25, 0.3) is 0 Å². The van der Waals surface area contributed by atoms with Crippen molar-refractivity contribution < 1.29 is 17.9 Å². The van der Waals surface area contributed by atoms with Crippen molar-refractivity contribution in [3.63, 3.8) is 0 Å². The number of benzene rings is 1. The Hall–Kier alpha value is -2.86. The second kappa shape index (κ2) is 9.74. The minimum absolute atomic E-state index is 0.0368. The van der Waals surface area contributed by atoms with E-state index in [9.17, 15) is 13.2 Å². The molecule has 0 fully saturated rings. The number of ether oxygens (including phenoxy) is 1. The van der Waals surface area contributed by atoms with E-state index in [2.05, 4.69) is 20.2 Å². The lowest BCUT2D eigenvalue weighted by Gasteiger charge is -2.24. The average Bonchev–Trinajstić information content (AvgIpc) is 3.15. The van der Waals surface area contributed by atoms with Crippen LogP contribution in [0.2, 0.25) is 0 Å². The SMILES string of the molecule is CC(C)(N)C(=O)N[C@H](COCc1ccccc1)c1nnc2cccc(CNS(C)(=O)=O)n12. The fraction of sp³-hybridized carbons (Fsp3) is 0.381. The topological polar surface area (TPSA) is 141 Å². The molecule has 0 saturated heterocycles. The number of pyridine rings is 1. The maximum atomic E-state index is 12.6. The molecule has 0 aliphatic rings. The summed E-state index contributed by atoms with van der Waals surface area (Å²) in [5, 5.41) is 11.3. The van der Waals surface area contributed by atoms with E-state index in [0.29, 0.717) is 23.8 Å². The van der Waals surface area contributed by atoms with Crippen molar-refractivity contribution in [3.8, 4) is 0 Å². The molecule has 0 saturated carbocycles. The molecule has 1 atom stereocenters. The number of carbonyl (C=O) groups excluding carboxylic acids is 1. The molecule has 3 aromatic rings. The molecular formula is C21H28N6O4S. The number of rotatable bonds is 10. The lowest BCUT2D eigenvalue weighted by atomic mass is 10.1. The van der Waals surface area contributed by atoms with Crippen LogP contribution in [0.4, 0.5) is 0 Å². The number of aromatic nitrogens is 3. The Kier molecular flexibility index (Phi) is 7.24. The molecule has 0 radical (unpaired) electrons. The second-order valence-corrected chi connectivity index (χ2v) is 9.94. The molecule has 1 amide bonds. The minimum Gasteiger partial charge on any atom is -0.374 e. The highest BCUT2D eigenvalue weighted by atomic mass is 32.2. The number of fused-ring (bicyclic) bond motifs is 1. The first-order valence-electron chi connectivity index (χ1n) is 10.0. The van der Waals surface area contributed by atoms with E-state index >= 15 is 0 Å². The largest absolute Gasteiger partial charge is 0.374 e. The smallest absolute Gasteiger partial charge is 0.240 e. The highest BCUT2D eigenvalue weighted by Crippen LogP contribution is 2.18. The van der Waals surface area contributed by atoms with Crippen LogP contribution in [-0.4, -0.2) is 47.3 Å². The van der Waals surface area contributed by atoms with Crippen LogP contribution in [0.15, 0.2) is 48.5 Å². The number of sulfonamides is 1. The fourth-order valence-electron chi connectivity index (χ4n) is 2.99. The van der Waals surface area contributed by atoms with Gasteiger partial charge in [0, 0.05) is 5.69 Å². The Morgan fingerprint density at radius 2 is 1.88 bits per heavy atom. The molecule has 3 rings (SSSR count). The van der Waals surface area contributed by atoms with Gasteiger partial charge in [-0.2, -0.15) is 0 Å². The van der Waals surface area contributed by atoms with Crippen molar-refractivity contribution in [1.29, 1.82) is 0 Å². The van der Waals surface area contributed by atoms with Gasteiger partial charge in [0.2, 0.25) is 15.9 Å². The lowest BCUT2D eigenvalue weighted by molar-refractivity contribution is -0.126. The molecule has 0 unspecified atom stereocenters. The van der Waals surface area contributed by atoms with Gasteiger partial charge in [-0.3, -0.25) is 9.20 Å². The maximum Gasteiger partial charge on any atom is 0.240 e. The molecule has 2 aromatic heterocycles. The van der Waals surface area contributed by atoms with Crippen molar-refractivity contribution in [2.75, 3.05) is 12.9 Å². The highest BCUT2D eigenvalue weighted by molar-refractivity contribution is 7.88. The fourth-order valence-corrected chi connectivity index (χ4v) is 3.40. The molecule has 0 spiro atoms. The first kappa shape index (κ1) is 23.8. The van der Waals surface area contributed by atoms with Crippen LogP contribution in [0.5, 0.6) is 0 Å². The van der Waals surface area contributed by atoms with Crippen LogP contribution in [0, 0.1) is 0 Å². The minimum atomic E-state index is -3.41. The van der Waals surface area contributed by atoms with Gasteiger partial charge in [-0.25, -0.2) is 13.1 Å². The number of hydrogen-bond donors (Lipinski definition) is 3. The zero-order valence-corrected chi connectivity index (χ0v) is 19.1. The van der Waals surface area contributed by atoms with Crippen molar-refractivity contribution in [2.24, 2.45) is 5.73 Å². The number of hydrogen-bond acceptors (Lipinski definition) is 7. The predicted octanol–water partition coefficient (Wildman–Crippen LogP) is 0.890.